The fourth-order valence-corrected chi connectivity index (χ4v) is 1.40. The maximum atomic E-state index is 11.5. The number of hydrogen-bond acceptors (Lipinski definition) is 4. The van der Waals surface area contributed by atoms with Crippen molar-refractivity contribution in [2.24, 2.45) is 0 Å². The highest BCUT2D eigenvalue weighted by molar-refractivity contribution is 5.89. The number of rotatable bonds is 7. The van der Waals surface area contributed by atoms with Crippen LogP contribution in [0.2, 0.25) is 0 Å². The molecule has 1 rings (SSSR count). The second-order valence-electron chi connectivity index (χ2n) is 3.83. The van der Waals surface area contributed by atoms with Gasteiger partial charge >= 0.3 is 5.97 Å². The van der Waals surface area contributed by atoms with Crippen LogP contribution in [0, 0.1) is 0 Å². The van der Waals surface area contributed by atoms with Crippen LogP contribution in [0.5, 0.6) is 0 Å². The minimum absolute atomic E-state index is 0.218. The lowest BCUT2D eigenvalue weighted by molar-refractivity contribution is 0.0484. The lowest BCUT2D eigenvalue weighted by Crippen LogP contribution is -2.12. The number of carbonyl (C=O) groups is 1. The van der Waals surface area contributed by atoms with Crippen LogP contribution in [0.3, 0.4) is 0 Å². The minimum Gasteiger partial charge on any atom is -0.462 e. The van der Waals surface area contributed by atoms with Gasteiger partial charge < -0.3 is 14.9 Å². The van der Waals surface area contributed by atoms with Gasteiger partial charge in [-0.25, -0.2) is 4.79 Å². The van der Waals surface area contributed by atoms with E-state index in [1.165, 1.54) is 0 Å². The normalized spacial score (nSPS) is 12.1. The zero-order valence-electron chi connectivity index (χ0n) is 9.71. The highest BCUT2D eigenvalue weighted by Gasteiger charge is 2.06. The molecule has 0 bridgehead atoms. The lowest BCUT2D eigenvalue weighted by atomic mass is 10.2. The Kier molecular flexibility index (Phi) is 6.29. The molecule has 0 saturated carbocycles. The predicted octanol–water partition coefficient (Wildman–Crippen LogP) is 1.37. The fraction of sp³-hybridized carbons (Fsp3) is 0.462. The third kappa shape index (κ3) is 5.47. The summed E-state index contributed by atoms with van der Waals surface area (Å²) >= 11 is 0. The Bertz CT molecular complexity index is 323. The second-order valence-corrected chi connectivity index (χ2v) is 3.83. The van der Waals surface area contributed by atoms with E-state index in [2.05, 4.69) is 0 Å². The molecule has 1 atom stereocenters. The van der Waals surface area contributed by atoms with Crippen LogP contribution in [0.15, 0.2) is 30.3 Å². The molecule has 2 N–H and O–H groups in total. The minimum atomic E-state index is -0.667. The van der Waals surface area contributed by atoms with Crippen LogP contribution in [0.4, 0.5) is 0 Å². The summed E-state index contributed by atoms with van der Waals surface area (Å²) < 4.78 is 5.06. The number of carbonyl (C=O) groups excluding carboxylic acids is 1. The molecule has 0 amide bonds. The van der Waals surface area contributed by atoms with E-state index >= 15 is 0 Å². The third-order valence-corrected chi connectivity index (χ3v) is 2.39. The van der Waals surface area contributed by atoms with Crippen molar-refractivity contribution < 1.29 is 19.7 Å². The summed E-state index contributed by atoms with van der Waals surface area (Å²) in [7, 11) is 0. The molecule has 1 unspecified atom stereocenters. The Labute approximate surface area is 101 Å². The van der Waals surface area contributed by atoms with E-state index in [1.807, 2.05) is 6.07 Å². The first kappa shape index (κ1) is 13.7. The topological polar surface area (TPSA) is 66.8 Å². The summed E-state index contributed by atoms with van der Waals surface area (Å²) in [6.07, 6.45) is 1.28. The van der Waals surface area contributed by atoms with Crippen LogP contribution in [0.25, 0.3) is 0 Å². The highest BCUT2D eigenvalue weighted by Crippen LogP contribution is 2.04. The number of esters is 1. The van der Waals surface area contributed by atoms with Crippen molar-refractivity contribution in [2.75, 3.05) is 13.2 Å². The molecule has 17 heavy (non-hydrogen) atoms. The molecule has 0 fully saturated rings. The largest absolute Gasteiger partial charge is 0.462 e. The first-order valence-corrected chi connectivity index (χ1v) is 5.75. The Balaban J connectivity index is 2.13. The fourth-order valence-electron chi connectivity index (χ4n) is 1.40. The quantitative estimate of drug-likeness (QED) is 0.556. The smallest absolute Gasteiger partial charge is 0.338 e. The number of ether oxygens (including phenoxy) is 1. The van der Waals surface area contributed by atoms with Crippen LogP contribution in [-0.4, -0.2) is 35.5 Å². The number of aliphatic hydroxyl groups is 2. The van der Waals surface area contributed by atoms with Crippen molar-refractivity contribution in [2.45, 2.75) is 25.4 Å². The molecule has 0 spiro atoms. The van der Waals surface area contributed by atoms with Gasteiger partial charge in [-0.2, -0.15) is 0 Å². The molecule has 0 aromatic heterocycles. The van der Waals surface area contributed by atoms with E-state index in [0.717, 1.165) is 6.42 Å². The molecular weight excluding hydrogens is 220 g/mol. The van der Waals surface area contributed by atoms with Gasteiger partial charge in [0.2, 0.25) is 0 Å². The number of unbranched alkanes of at least 4 members (excludes halogenated alkanes) is 1. The Morgan fingerprint density at radius 3 is 2.59 bits per heavy atom. The zero-order valence-corrected chi connectivity index (χ0v) is 9.71. The van der Waals surface area contributed by atoms with E-state index in [4.69, 9.17) is 14.9 Å². The molecule has 0 saturated heterocycles. The highest BCUT2D eigenvalue weighted by atomic mass is 16.5. The third-order valence-electron chi connectivity index (χ3n) is 2.39. The zero-order chi connectivity index (χ0) is 12.5. The van der Waals surface area contributed by atoms with Crippen LogP contribution in [0.1, 0.15) is 29.6 Å². The van der Waals surface area contributed by atoms with Crippen molar-refractivity contribution in [1.29, 1.82) is 0 Å². The molecule has 0 radical (unpaired) electrons. The van der Waals surface area contributed by atoms with Gasteiger partial charge in [0.25, 0.3) is 0 Å². The van der Waals surface area contributed by atoms with E-state index in [1.54, 1.807) is 24.3 Å². The summed E-state index contributed by atoms with van der Waals surface area (Å²) in [5.41, 5.74) is 0.544. The molecule has 0 heterocycles. The lowest BCUT2D eigenvalue weighted by Gasteiger charge is -2.07. The average molecular weight is 238 g/mol. The van der Waals surface area contributed by atoms with Crippen molar-refractivity contribution in [3.05, 3.63) is 35.9 Å². The summed E-state index contributed by atoms with van der Waals surface area (Å²) in [4.78, 5) is 11.5. The summed E-state index contributed by atoms with van der Waals surface area (Å²) in [5, 5.41) is 17.7. The average Bonchev–Trinajstić information content (AvgIpc) is 2.38. The van der Waals surface area contributed by atoms with E-state index in [-0.39, 0.29) is 12.6 Å². The molecule has 94 valence electrons. The SMILES string of the molecule is O=C(OCCCCC(O)CO)c1ccccc1. The molecule has 0 aliphatic heterocycles. The molecule has 4 heteroatoms. The van der Waals surface area contributed by atoms with Gasteiger partial charge in [-0.15, -0.1) is 0 Å². The van der Waals surface area contributed by atoms with Crippen LogP contribution in [-0.2, 0) is 4.74 Å². The summed E-state index contributed by atoms with van der Waals surface area (Å²) in [6, 6.07) is 8.82. The Morgan fingerprint density at radius 1 is 1.24 bits per heavy atom. The molecule has 4 nitrogen and oxygen atoms in total. The number of hydrogen-bond donors (Lipinski definition) is 2. The summed E-state index contributed by atoms with van der Waals surface area (Å²) in [5.74, 6) is -0.326. The van der Waals surface area contributed by atoms with Gasteiger partial charge in [0.1, 0.15) is 0 Å². The Morgan fingerprint density at radius 2 is 1.94 bits per heavy atom. The van der Waals surface area contributed by atoms with Crippen molar-refractivity contribution >= 4 is 5.97 Å². The van der Waals surface area contributed by atoms with E-state index < -0.39 is 6.10 Å². The summed E-state index contributed by atoms with van der Waals surface area (Å²) in [6.45, 7) is 0.121. The van der Waals surface area contributed by atoms with E-state index in [9.17, 15) is 4.79 Å². The number of benzene rings is 1. The molecular formula is C13H18O4. The molecule has 0 aliphatic rings. The van der Waals surface area contributed by atoms with Crippen molar-refractivity contribution in [3.63, 3.8) is 0 Å². The van der Waals surface area contributed by atoms with Gasteiger partial charge in [-0.05, 0) is 31.4 Å². The van der Waals surface area contributed by atoms with E-state index in [0.29, 0.717) is 25.0 Å². The van der Waals surface area contributed by atoms with Gasteiger partial charge in [-0.1, -0.05) is 18.2 Å². The first-order chi connectivity index (χ1) is 8.24. The Hall–Kier alpha value is -1.39. The molecule has 1 aromatic rings. The van der Waals surface area contributed by atoms with Crippen LogP contribution >= 0.6 is 0 Å². The maximum absolute atomic E-state index is 11.5. The molecule has 1 aromatic carbocycles. The maximum Gasteiger partial charge on any atom is 0.338 e. The van der Waals surface area contributed by atoms with Gasteiger partial charge in [-0.3, -0.25) is 0 Å². The molecule has 0 aliphatic carbocycles. The first-order valence-electron chi connectivity index (χ1n) is 5.75. The predicted molar refractivity (Wildman–Crippen MR) is 63.7 cm³/mol. The van der Waals surface area contributed by atoms with Gasteiger partial charge in [0, 0.05) is 0 Å². The van der Waals surface area contributed by atoms with Crippen LogP contribution < -0.4 is 0 Å². The monoisotopic (exact) mass is 238 g/mol. The van der Waals surface area contributed by atoms with Crippen molar-refractivity contribution in [1.82, 2.24) is 0 Å². The second kappa shape index (κ2) is 7.81. The van der Waals surface area contributed by atoms with Gasteiger partial charge in [0.05, 0.1) is 24.9 Å². The van der Waals surface area contributed by atoms with Gasteiger partial charge in [0.15, 0.2) is 0 Å². The standard InChI is InChI=1S/C13H18O4/c14-10-12(15)8-4-5-9-17-13(16)11-6-2-1-3-7-11/h1-3,6-7,12,14-15H,4-5,8-10H2. The van der Waals surface area contributed by atoms with Crippen molar-refractivity contribution in [3.8, 4) is 0 Å². The number of aliphatic hydroxyl groups excluding tert-OH is 2.